The second-order valence-corrected chi connectivity index (χ2v) is 4.45. The molecule has 2 nitrogen and oxygen atoms in total. The molecule has 0 saturated carbocycles. The van der Waals surface area contributed by atoms with E-state index in [1.165, 1.54) is 6.07 Å². The fraction of sp³-hybridized carbons (Fsp3) is 0.267. The molecule has 0 fully saturated rings. The van der Waals surface area contributed by atoms with Crippen molar-refractivity contribution in [2.24, 2.45) is 0 Å². The van der Waals surface area contributed by atoms with E-state index in [9.17, 15) is 4.39 Å². The van der Waals surface area contributed by atoms with Gasteiger partial charge in [-0.1, -0.05) is 19.9 Å². The minimum Gasteiger partial charge on any atom is -0.487 e. The SMILES string of the molecule is CC(C)c1cc(OCc2ccccn2)ccc1F. The lowest BCUT2D eigenvalue weighted by Crippen LogP contribution is -1.99. The van der Waals surface area contributed by atoms with Crippen molar-refractivity contribution >= 4 is 0 Å². The van der Waals surface area contributed by atoms with Gasteiger partial charge in [0.15, 0.2) is 0 Å². The number of ether oxygens (including phenoxy) is 1. The topological polar surface area (TPSA) is 22.1 Å². The van der Waals surface area contributed by atoms with Gasteiger partial charge in [0.05, 0.1) is 5.69 Å². The third-order valence-corrected chi connectivity index (χ3v) is 2.70. The first-order valence-corrected chi connectivity index (χ1v) is 5.99. The zero-order valence-corrected chi connectivity index (χ0v) is 10.6. The van der Waals surface area contributed by atoms with Crippen molar-refractivity contribution in [2.45, 2.75) is 26.4 Å². The number of halogens is 1. The third kappa shape index (κ3) is 3.06. The summed E-state index contributed by atoms with van der Waals surface area (Å²) in [6.45, 7) is 4.31. The molecule has 0 saturated heterocycles. The fourth-order valence-corrected chi connectivity index (χ4v) is 1.69. The highest BCUT2D eigenvalue weighted by Gasteiger charge is 2.08. The summed E-state index contributed by atoms with van der Waals surface area (Å²) in [5.41, 5.74) is 1.53. The van der Waals surface area contributed by atoms with Crippen LogP contribution >= 0.6 is 0 Å². The molecular weight excluding hydrogens is 229 g/mol. The van der Waals surface area contributed by atoms with E-state index in [1.54, 1.807) is 18.3 Å². The molecule has 0 spiro atoms. The summed E-state index contributed by atoms with van der Waals surface area (Å²) in [5.74, 6) is 0.629. The number of hydrogen-bond acceptors (Lipinski definition) is 2. The van der Waals surface area contributed by atoms with Crippen molar-refractivity contribution < 1.29 is 9.13 Å². The Morgan fingerprint density at radius 2 is 2.06 bits per heavy atom. The van der Waals surface area contributed by atoms with Crippen molar-refractivity contribution in [3.63, 3.8) is 0 Å². The highest BCUT2D eigenvalue weighted by atomic mass is 19.1. The molecule has 94 valence electrons. The summed E-state index contributed by atoms with van der Waals surface area (Å²) >= 11 is 0. The first kappa shape index (κ1) is 12.6. The van der Waals surface area contributed by atoms with E-state index in [-0.39, 0.29) is 11.7 Å². The first-order chi connectivity index (χ1) is 8.66. The van der Waals surface area contributed by atoms with Crippen molar-refractivity contribution in [1.29, 1.82) is 0 Å². The Bertz CT molecular complexity index is 511. The molecule has 1 heterocycles. The first-order valence-electron chi connectivity index (χ1n) is 5.99. The predicted octanol–water partition coefficient (Wildman–Crippen LogP) is 3.92. The largest absolute Gasteiger partial charge is 0.487 e. The van der Waals surface area contributed by atoms with Crippen LogP contribution in [-0.2, 0) is 6.61 Å². The molecule has 0 amide bonds. The van der Waals surface area contributed by atoms with Gasteiger partial charge in [0, 0.05) is 6.20 Å². The second-order valence-electron chi connectivity index (χ2n) is 4.45. The number of benzene rings is 1. The molecular formula is C15H16FNO. The van der Waals surface area contributed by atoms with Gasteiger partial charge in [-0.3, -0.25) is 4.98 Å². The van der Waals surface area contributed by atoms with Gasteiger partial charge in [0.25, 0.3) is 0 Å². The van der Waals surface area contributed by atoms with Crippen LogP contribution < -0.4 is 4.74 Å². The van der Waals surface area contributed by atoms with Crippen LogP contribution in [0.2, 0.25) is 0 Å². The van der Waals surface area contributed by atoms with Crippen LogP contribution in [0.3, 0.4) is 0 Å². The molecule has 0 radical (unpaired) electrons. The molecule has 0 N–H and O–H groups in total. The molecule has 0 aliphatic carbocycles. The number of hydrogen-bond donors (Lipinski definition) is 0. The normalized spacial score (nSPS) is 10.7. The van der Waals surface area contributed by atoms with E-state index in [0.717, 1.165) is 5.69 Å². The lowest BCUT2D eigenvalue weighted by Gasteiger charge is -2.10. The van der Waals surface area contributed by atoms with Crippen LogP contribution in [0.4, 0.5) is 4.39 Å². The molecule has 1 aromatic heterocycles. The zero-order valence-electron chi connectivity index (χ0n) is 10.6. The number of rotatable bonds is 4. The van der Waals surface area contributed by atoms with Crippen molar-refractivity contribution in [3.05, 3.63) is 59.7 Å². The van der Waals surface area contributed by atoms with Crippen LogP contribution in [0.5, 0.6) is 5.75 Å². The second kappa shape index (κ2) is 5.63. The van der Waals surface area contributed by atoms with E-state index in [1.807, 2.05) is 32.0 Å². The van der Waals surface area contributed by atoms with E-state index in [4.69, 9.17) is 4.74 Å². The predicted molar refractivity (Wildman–Crippen MR) is 69.1 cm³/mol. The molecule has 0 aliphatic heterocycles. The Hall–Kier alpha value is -1.90. The molecule has 1 aromatic carbocycles. The standard InChI is InChI=1S/C15H16FNO/c1-11(2)14-9-13(6-7-15(14)16)18-10-12-5-3-4-8-17-12/h3-9,11H,10H2,1-2H3. The third-order valence-electron chi connectivity index (χ3n) is 2.70. The molecule has 0 unspecified atom stereocenters. The van der Waals surface area contributed by atoms with E-state index >= 15 is 0 Å². The van der Waals surface area contributed by atoms with Gasteiger partial charge >= 0.3 is 0 Å². The Morgan fingerprint density at radius 1 is 1.22 bits per heavy atom. The van der Waals surface area contributed by atoms with Gasteiger partial charge in [-0.05, 0) is 41.8 Å². The van der Waals surface area contributed by atoms with E-state index < -0.39 is 0 Å². The van der Waals surface area contributed by atoms with Gasteiger partial charge < -0.3 is 4.74 Å². The van der Waals surface area contributed by atoms with Crippen LogP contribution in [0.1, 0.15) is 31.0 Å². The quantitative estimate of drug-likeness (QED) is 0.814. The van der Waals surface area contributed by atoms with Crippen molar-refractivity contribution in [3.8, 4) is 5.75 Å². The molecule has 3 heteroatoms. The van der Waals surface area contributed by atoms with Crippen molar-refractivity contribution in [1.82, 2.24) is 4.98 Å². The van der Waals surface area contributed by atoms with Crippen LogP contribution in [-0.4, -0.2) is 4.98 Å². The number of aromatic nitrogens is 1. The fourth-order valence-electron chi connectivity index (χ4n) is 1.69. The number of nitrogens with zero attached hydrogens (tertiary/aromatic N) is 1. The van der Waals surface area contributed by atoms with E-state index in [2.05, 4.69) is 4.98 Å². The van der Waals surface area contributed by atoms with Gasteiger partial charge in [0.1, 0.15) is 18.2 Å². The zero-order chi connectivity index (χ0) is 13.0. The summed E-state index contributed by atoms with van der Waals surface area (Å²) in [5, 5.41) is 0. The average molecular weight is 245 g/mol. The minimum atomic E-state index is -0.185. The lowest BCUT2D eigenvalue weighted by molar-refractivity contribution is 0.300. The van der Waals surface area contributed by atoms with Gasteiger partial charge in [-0.2, -0.15) is 0 Å². The molecule has 0 bridgehead atoms. The minimum absolute atomic E-state index is 0.142. The molecule has 18 heavy (non-hydrogen) atoms. The lowest BCUT2D eigenvalue weighted by atomic mass is 10.0. The molecule has 2 rings (SSSR count). The van der Waals surface area contributed by atoms with Crippen LogP contribution in [0, 0.1) is 5.82 Å². The van der Waals surface area contributed by atoms with Gasteiger partial charge in [-0.15, -0.1) is 0 Å². The smallest absolute Gasteiger partial charge is 0.130 e. The summed E-state index contributed by atoms with van der Waals surface area (Å²) in [6.07, 6.45) is 1.73. The summed E-state index contributed by atoms with van der Waals surface area (Å²) < 4.78 is 19.1. The van der Waals surface area contributed by atoms with Gasteiger partial charge in [-0.25, -0.2) is 4.39 Å². The Morgan fingerprint density at radius 3 is 2.72 bits per heavy atom. The van der Waals surface area contributed by atoms with Gasteiger partial charge in [0.2, 0.25) is 0 Å². The summed E-state index contributed by atoms with van der Waals surface area (Å²) in [4.78, 5) is 4.17. The Kier molecular flexibility index (Phi) is 3.92. The van der Waals surface area contributed by atoms with Crippen molar-refractivity contribution in [2.75, 3.05) is 0 Å². The molecule has 2 aromatic rings. The monoisotopic (exact) mass is 245 g/mol. The molecule has 0 atom stereocenters. The highest BCUT2D eigenvalue weighted by molar-refractivity contribution is 5.31. The maximum Gasteiger partial charge on any atom is 0.130 e. The number of pyridine rings is 1. The highest BCUT2D eigenvalue weighted by Crippen LogP contribution is 2.24. The maximum atomic E-state index is 13.5. The van der Waals surface area contributed by atoms with E-state index in [0.29, 0.717) is 17.9 Å². The summed E-state index contributed by atoms with van der Waals surface area (Å²) in [7, 11) is 0. The average Bonchev–Trinajstić information content (AvgIpc) is 2.38. The summed E-state index contributed by atoms with van der Waals surface area (Å²) in [6, 6.07) is 10.5. The van der Waals surface area contributed by atoms with Crippen LogP contribution in [0.25, 0.3) is 0 Å². The maximum absolute atomic E-state index is 13.5. The Labute approximate surface area is 106 Å². The van der Waals surface area contributed by atoms with Crippen LogP contribution in [0.15, 0.2) is 42.6 Å². The molecule has 0 aliphatic rings. The Balaban J connectivity index is 2.08.